The molecular formula is C47H40N4. The molecule has 2 aromatic heterocycles. The standard InChI is InChI=1S/C47H40N4/c1-6-15-38-30-44(42(16-7-2)32(4)31(38)3)40-27-39(34-22-24-35(25-23-34)43-21-14-26-48-33(43)5)28-41(29-40)47-50-45(36-17-10-8-11-18-36)49-46(51-47)37-19-12-9-13-20-37/h6-30H,1-5H3/b15-6-,16-7-. The maximum atomic E-state index is 5.12. The summed E-state index contributed by atoms with van der Waals surface area (Å²) in [6, 6.07) is 42.2. The van der Waals surface area contributed by atoms with Crippen molar-refractivity contribution in [2.24, 2.45) is 0 Å². The molecule has 0 aliphatic rings. The topological polar surface area (TPSA) is 51.6 Å². The second-order valence-electron chi connectivity index (χ2n) is 12.7. The number of hydrogen-bond donors (Lipinski definition) is 0. The Morgan fingerprint density at radius 3 is 1.57 bits per heavy atom. The summed E-state index contributed by atoms with van der Waals surface area (Å²) in [7, 11) is 0. The van der Waals surface area contributed by atoms with E-state index in [2.05, 4.69) is 119 Å². The number of allylic oxidation sites excluding steroid dienone is 2. The summed E-state index contributed by atoms with van der Waals surface area (Å²) in [6.07, 6.45) is 10.5. The van der Waals surface area contributed by atoms with Crippen molar-refractivity contribution < 1.29 is 0 Å². The van der Waals surface area contributed by atoms with Crippen LogP contribution in [0.3, 0.4) is 0 Å². The Bertz CT molecular complexity index is 2330. The molecule has 0 fully saturated rings. The van der Waals surface area contributed by atoms with Crippen LogP contribution in [0.4, 0.5) is 0 Å². The Morgan fingerprint density at radius 1 is 0.431 bits per heavy atom. The average Bonchev–Trinajstić information content (AvgIpc) is 3.18. The van der Waals surface area contributed by atoms with Crippen LogP contribution in [0.1, 0.15) is 41.8 Å². The monoisotopic (exact) mass is 660 g/mol. The second kappa shape index (κ2) is 14.7. The second-order valence-corrected chi connectivity index (χ2v) is 12.7. The van der Waals surface area contributed by atoms with Crippen molar-refractivity contribution in [2.75, 3.05) is 0 Å². The van der Waals surface area contributed by atoms with Gasteiger partial charge in [0.25, 0.3) is 0 Å². The molecule has 0 aliphatic heterocycles. The van der Waals surface area contributed by atoms with E-state index >= 15 is 0 Å². The molecule has 4 heteroatoms. The van der Waals surface area contributed by atoms with E-state index in [-0.39, 0.29) is 0 Å². The molecule has 0 unspecified atom stereocenters. The number of rotatable bonds is 8. The zero-order chi connectivity index (χ0) is 35.3. The molecule has 0 saturated heterocycles. The molecule has 0 saturated carbocycles. The third kappa shape index (κ3) is 6.95. The normalized spacial score (nSPS) is 11.5. The van der Waals surface area contributed by atoms with Crippen LogP contribution in [0.15, 0.2) is 140 Å². The van der Waals surface area contributed by atoms with Crippen LogP contribution in [0.25, 0.3) is 79.7 Å². The van der Waals surface area contributed by atoms with Gasteiger partial charge in [0.15, 0.2) is 17.5 Å². The average molecular weight is 661 g/mol. The Morgan fingerprint density at radius 2 is 0.980 bits per heavy atom. The Balaban J connectivity index is 1.48. The molecular weight excluding hydrogens is 621 g/mol. The fraction of sp³-hybridized carbons (Fsp3) is 0.106. The van der Waals surface area contributed by atoms with E-state index in [1.54, 1.807) is 0 Å². The number of benzene rings is 5. The van der Waals surface area contributed by atoms with E-state index in [9.17, 15) is 0 Å². The minimum atomic E-state index is 0.624. The summed E-state index contributed by atoms with van der Waals surface area (Å²) in [5.41, 5.74) is 15.5. The predicted octanol–water partition coefficient (Wildman–Crippen LogP) is 12.3. The number of pyridine rings is 1. The maximum Gasteiger partial charge on any atom is 0.164 e. The van der Waals surface area contributed by atoms with Gasteiger partial charge in [0.2, 0.25) is 0 Å². The summed E-state index contributed by atoms with van der Waals surface area (Å²) in [5, 5.41) is 0. The lowest BCUT2D eigenvalue weighted by molar-refractivity contribution is 1.07. The minimum absolute atomic E-state index is 0.624. The largest absolute Gasteiger partial charge is 0.261 e. The first-order valence-corrected chi connectivity index (χ1v) is 17.4. The molecule has 248 valence electrons. The molecule has 0 radical (unpaired) electrons. The molecule has 0 N–H and O–H groups in total. The predicted molar refractivity (Wildman–Crippen MR) is 214 cm³/mol. The Labute approximate surface area is 301 Å². The highest BCUT2D eigenvalue weighted by molar-refractivity contribution is 5.87. The molecule has 2 heterocycles. The molecule has 7 aromatic rings. The third-order valence-electron chi connectivity index (χ3n) is 9.41. The van der Waals surface area contributed by atoms with Crippen molar-refractivity contribution in [3.63, 3.8) is 0 Å². The molecule has 0 amide bonds. The van der Waals surface area contributed by atoms with Gasteiger partial charge in [-0.2, -0.15) is 0 Å². The van der Waals surface area contributed by atoms with Crippen LogP contribution in [0.5, 0.6) is 0 Å². The zero-order valence-corrected chi connectivity index (χ0v) is 29.7. The fourth-order valence-corrected chi connectivity index (χ4v) is 6.58. The summed E-state index contributed by atoms with van der Waals surface area (Å²) in [5.74, 6) is 1.90. The number of nitrogens with zero attached hydrogens (tertiary/aromatic N) is 4. The van der Waals surface area contributed by atoms with Gasteiger partial charge in [-0.15, -0.1) is 0 Å². The van der Waals surface area contributed by atoms with Gasteiger partial charge < -0.3 is 0 Å². The van der Waals surface area contributed by atoms with Crippen molar-refractivity contribution in [1.82, 2.24) is 19.9 Å². The van der Waals surface area contributed by atoms with Crippen molar-refractivity contribution >= 4 is 12.2 Å². The van der Waals surface area contributed by atoms with Gasteiger partial charge in [-0.3, -0.25) is 4.98 Å². The van der Waals surface area contributed by atoms with Gasteiger partial charge in [-0.1, -0.05) is 115 Å². The van der Waals surface area contributed by atoms with Crippen LogP contribution in [-0.4, -0.2) is 19.9 Å². The number of hydrogen-bond acceptors (Lipinski definition) is 4. The van der Waals surface area contributed by atoms with E-state index in [0.717, 1.165) is 55.8 Å². The lowest BCUT2D eigenvalue weighted by atomic mass is 9.87. The van der Waals surface area contributed by atoms with Gasteiger partial charge in [0, 0.05) is 34.1 Å². The van der Waals surface area contributed by atoms with E-state index in [1.807, 2.05) is 72.9 Å². The third-order valence-corrected chi connectivity index (χ3v) is 9.41. The van der Waals surface area contributed by atoms with E-state index < -0.39 is 0 Å². The first-order chi connectivity index (χ1) is 24.9. The summed E-state index contributed by atoms with van der Waals surface area (Å²) in [6.45, 7) is 10.6. The maximum absolute atomic E-state index is 5.12. The summed E-state index contributed by atoms with van der Waals surface area (Å²) in [4.78, 5) is 19.7. The molecule has 0 aliphatic carbocycles. The molecule has 5 aromatic carbocycles. The molecule has 4 nitrogen and oxygen atoms in total. The Hall–Kier alpha value is -6.26. The zero-order valence-electron chi connectivity index (χ0n) is 29.7. The SMILES string of the molecule is C/C=C\c1cc(-c2cc(-c3ccc(-c4cccnc4C)cc3)cc(-c3nc(-c4ccccc4)nc(-c4ccccc4)n3)c2)c(/C=C\C)c(C)c1C. The van der Waals surface area contributed by atoms with Crippen molar-refractivity contribution in [3.8, 4) is 67.5 Å². The van der Waals surface area contributed by atoms with Crippen molar-refractivity contribution in [1.29, 1.82) is 0 Å². The van der Waals surface area contributed by atoms with Crippen LogP contribution >= 0.6 is 0 Å². The molecule has 51 heavy (non-hydrogen) atoms. The number of aryl methyl sites for hydroxylation is 1. The molecule has 0 spiro atoms. The lowest BCUT2D eigenvalue weighted by Crippen LogP contribution is -2.01. The van der Waals surface area contributed by atoms with E-state index in [1.165, 1.54) is 22.3 Å². The van der Waals surface area contributed by atoms with Crippen LogP contribution in [-0.2, 0) is 0 Å². The van der Waals surface area contributed by atoms with Gasteiger partial charge in [-0.05, 0) is 115 Å². The van der Waals surface area contributed by atoms with Gasteiger partial charge in [0.1, 0.15) is 0 Å². The molecule has 0 atom stereocenters. The first kappa shape index (κ1) is 33.2. The van der Waals surface area contributed by atoms with Crippen LogP contribution in [0.2, 0.25) is 0 Å². The number of aromatic nitrogens is 4. The fourth-order valence-electron chi connectivity index (χ4n) is 6.58. The quantitative estimate of drug-likeness (QED) is 0.163. The Kier molecular flexibility index (Phi) is 9.58. The molecule has 7 rings (SSSR count). The highest BCUT2D eigenvalue weighted by atomic mass is 15.0. The van der Waals surface area contributed by atoms with Crippen molar-refractivity contribution in [2.45, 2.75) is 34.6 Å². The smallest absolute Gasteiger partial charge is 0.164 e. The van der Waals surface area contributed by atoms with Gasteiger partial charge >= 0.3 is 0 Å². The van der Waals surface area contributed by atoms with Gasteiger partial charge in [0.05, 0.1) is 0 Å². The van der Waals surface area contributed by atoms with E-state index in [0.29, 0.717) is 17.5 Å². The summed E-state index contributed by atoms with van der Waals surface area (Å²) < 4.78 is 0. The highest BCUT2D eigenvalue weighted by Gasteiger charge is 2.17. The lowest BCUT2D eigenvalue weighted by Gasteiger charge is -2.18. The van der Waals surface area contributed by atoms with Crippen LogP contribution in [0, 0.1) is 20.8 Å². The molecule has 0 bridgehead atoms. The highest BCUT2D eigenvalue weighted by Crippen LogP contribution is 2.38. The summed E-state index contributed by atoms with van der Waals surface area (Å²) >= 11 is 0. The van der Waals surface area contributed by atoms with E-state index in [4.69, 9.17) is 15.0 Å². The van der Waals surface area contributed by atoms with Gasteiger partial charge in [-0.25, -0.2) is 15.0 Å². The van der Waals surface area contributed by atoms with Crippen molar-refractivity contribution in [3.05, 3.63) is 168 Å². The first-order valence-electron chi connectivity index (χ1n) is 17.4. The minimum Gasteiger partial charge on any atom is -0.261 e. The van der Waals surface area contributed by atoms with Crippen LogP contribution < -0.4 is 0 Å².